The molecule has 0 N–H and O–H groups in total. The summed E-state index contributed by atoms with van der Waals surface area (Å²) >= 11 is 0. The van der Waals surface area contributed by atoms with Crippen molar-refractivity contribution in [2.45, 2.75) is 20.8 Å². The maximum Gasteiger partial charge on any atom is -0.00210 e. The van der Waals surface area contributed by atoms with Crippen LogP contribution in [0.4, 0.5) is 0 Å². The molecule has 0 atom stereocenters. The normalized spacial score (nSPS) is 11.7. The van der Waals surface area contributed by atoms with Gasteiger partial charge in [-0.2, -0.15) is 0 Å². The van der Waals surface area contributed by atoms with Crippen molar-refractivity contribution in [1.29, 1.82) is 0 Å². The minimum Gasteiger partial charge on any atom is -0.0622 e. The van der Waals surface area contributed by atoms with Crippen molar-refractivity contribution in [3.05, 3.63) is 193 Å². The van der Waals surface area contributed by atoms with Gasteiger partial charge in [-0.1, -0.05) is 151 Å². The Morgan fingerprint density at radius 2 is 0.660 bits per heavy atom. The van der Waals surface area contributed by atoms with E-state index in [1.807, 2.05) is 0 Å². The summed E-state index contributed by atoms with van der Waals surface area (Å²) in [7, 11) is 0. The topological polar surface area (TPSA) is 0 Å². The van der Waals surface area contributed by atoms with Crippen molar-refractivity contribution in [2.24, 2.45) is 0 Å². The van der Waals surface area contributed by atoms with E-state index in [4.69, 9.17) is 0 Å². The first-order chi connectivity index (χ1) is 26.0. The molecule has 0 spiro atoms. The Kier molecular flexibility index (Phi) is 7.27. The molecule has 0 radical (unpaired) electrons. The van der Waals surface area contributed by atoms with Gasteiger partial charge >= 0.3 is 0 Å². The van der Waals surface area contributed by atoms with Crippen LogP contribution in [-0.2, 0) is 0 Å². The lowest BCUT2D eigenvalue weighted by atomic mass is 9.84. The summed E-state index contributed by atoms with van der Waals surface area (Å²) in [5.74, 6) is 0. The summed E-state index contributed by atoms with van der Waals surface area (Å²) in [6.45, 7) is 6.76. The van der Waals surface area contributed by atoms with E-state index in [1.54, 1.807) is 0 Å². The van der Waals surface area contributed by atoms with Crippen LogP contribution < -0.4 is 0 Å². The highest BCUT2D eigenvalue weighted by Gasteiger charge is 2.18. The monoisotopic (exact) mass is 674 g/mol. The van der Waals surface area contributed by atoms with Crippen molar-refractivity contribution in [3.63, 3.8) is 0 Å². The molecule has 0 saturated carbocycles. The summed E-state index contributed by atoms with van der Waals surface area (Å²) in [4.78, 5) is 0. The molecule has 0 unspecified atom stereocenters. The number of hydrogen-bond acceptors (Lipinski definition) is 0. The largest absolute Gasteiger partial charge is 0.0622 e. The minimum atomic E-state index is 1.20. The zero-order valence-electron chi connectivity index (χ0n) is 30.2. The van der Waals surface area contributed by atoms with Gasteiger partial charge in [0.25, 0.3) is 0 Å². The molecule has 4 bridgehead atoms. The fraction of sp³-hybridized carbons (Fsp3) is 0.0566. The van der Waals surface area contributed by atoms with Gasteiger partial charge < -0.3 is 0 Å². The number of hydrogen-bond donors (Lipinski definition) is 0. The SMILES string of the molecule is Cc1cc(C)c(-c2c3cccc4c(-c5ccccc5)cc5cccc6cc7cccc(cc(-c8ccccc8)c8cccc2c8cc43)c7cc56)c(C)c1. The van der Waals surface area contributed by atoms with Gasteiger partial charge in [-0.25, -0.2) is 0 Å². The van der Waals surface area contributed by atoms with E-state index >= 15 is 0 Å². The van der Waals surface area contributed by atoms with Crippen LogP contribution in [0.5, 0.6) is 0 Å². The Morgan fingerprint density at radius 3 is 1.13 bits per heavy atom. The Hall–Kier alpha value is -6.50. The summed E-state index contributed by atoms with van der Waals surface area (Å²) in [6, 6.07) is 66.0. The third-order valence-corrected chi connectivity index (χ3v) is 11.3. The average Bonchev–Trinajstić information content (AvgIpc) is 3.18. The predicted octanol–water partition coefficient (Wildman–Crippen LogP) is 15.1. The molecule has 0 heteroatoms. The average molecular weight is 675 g/mol. The van der Waals surface area contributed by atoms with E-state index in [1.165, 1.54) is 115 Å². The molecule has 0 nitrogen and oxygen atoms in total. The van der Waals surface area contributed by atoms with Gasteiger partial charge in [-0.15, -0.1) is 0 Å². The van der Waals surface area contributed by atoms with Crippen LogP contribution in [0.3, 0.4) is 0 Å². The number of aryl methyl sites for hydroxylation is 3. The molecule has 0 saturated heterocycles. The molecule has 0 amide bonds. The molecule has 250 valence electrons. The first-order valence-corrected chi connectivity index (χ1v) is 18.6. The van der Waals surface area contributed by atoms with Gasteiger partial charge in [0.15, 0.2) is 0 Å². The number of rotatable bonds is 3. The molecular formula is C53H38. The van der Waals surface area contributed by atoms with Crippen LogP contribution in [0.15, 0.2) is 176 Å². The van der Waals surface area contributed by atoms with Crippen molar-refractivity contribution < 1.29 is 0 Å². The molecule has 0 heterocycles. The highest BCUT2D eigenvalue weighted by atomic mass is 14.2. The summed E-state index contributed by atoms with van der Waals surface area (Å²) in [6.07, 6.45) is 0. The fourth-order valence-electron chi connectivity index (χ4n) is 9.01. The molecule has 0 aliphatic heterocycles. The van der Waals surface area contributed by atoms with Crippen molar-refractivity contribution in [2.75, 3.05) is 0 Å². The minimum absolute atomic E-state index is 1.20. The second kappa shape index (κ2) is 12.3. The van der Waals surface area contributed by atoms with E-state index in [2.05, 4.69) is 197 Å². The molecule has 10 rings (SSSR count). The second-order valence-electron chi connectivity index (χ2n) is 14.7. The van der Waals surface area contributed by atoms with E-state index in [9.17, 15) is 0 Å². The van der Waals surface area contributed by atoms with Gasteiger partial charge in [-0.05, 0) is 160 Å². The molecule has 53 heavy (non-hydrogen) atoms. The van der Waals surface area contributed by atoms with Crippen LogP contribution in [0.2, 0.25) is 0 Å². The third kappa shape index (κ3) is 5.13. The summed E-state index contributed by atoms with van der Waals surface area (Å²) < 4.78 is 0. The lowest BCUT2D eigenvalue weighted by Crippen LogP contribution is -1.94. The van der Waals surface area contributed by atoms with Crippen molar-refractivity contribution >= 4 is 64.6 Å². The second-order valence-corrected chi connectivity index (χ2v) is 14.7. The summed E-state index contributed by atoms with van der Waals surface area (Å²) in [5.41, 5.74) is 11.4. The van der Waals surface area contributed by atoms with Crippen LogP contribution in [0, 0.1) is 20.8 Å². The Bertz CT molecular complexity index is 2910. The molecule has 0 aromatic heterocycles. The molecule has 0 aliphatic rings. The molecule has 0 aliphatic carbocycles. The Morgan fingerprint density at radius 1 is 0.264 bits per heavy atom. The first-order valence-electron chi connectivity index (χ1n) is 18.6. The van der Waals surface area contributed by atoms with Gasteiger partial charge in [0.2, 0.25) is 0 Å². The van der Waals surface area contributed by atoms with Gasteiger partial charge in [0, 0.05) is 0 Å². The maximum absolute atomic E-state index is 2.48. The Labute approximate surface area is 310 Å². The third-order valence-electron chi connectivity index (χ3n) is 11.3. The maximum atomic E-state index is 2.48. The highest BCUT2D eigenvalue weighted by Crippen LogP contribution is 2.45. The zero-order chi connectivity index (χ0) is 35.6. The van der Waals surface area contributed by atoms with E-state index in [0.29, 0.717) is 0 Å². The molecule has 10 aromatic carbocycles. The molecule has 10 aromatic rings. The lowest BCUT2D eigenvalue weighted by molar-refractivity contribution is 1.33. The van der Waals surface area contributed by atoms with Gasteiger partial charge in [0.05, 0.1) is 0 Å². The van der Waals surface area contributed by atoms with Crippen molar-refractivity contribution in [3.8, 4) is 33.4 Å². The van der Waals surface area contributed by atoms with Crippen LogP contribution in [0.1, 0.15) is 16.7 Å². The van der Waals surface area contributed by atoms with Gasteiger partial charge in [-0.3, -0.25) is 0 Å². The van der Waals surface area contributed by atoms with Crippen molar-refractivity contribution in [1.82, 2.24) is 0 Å². The molecule has 0 fully saturated rings. The quantitative estimate of drug-likeness (QED) is 0.164. The predicted molar refractivity (Wildman–Crippen MR) is 231 cm³/mol. The highest BCUT2D eigenvalue weighted by molar-refractivity contribution is 6.24. The summed E-state index contributed by atoms with van der Waals surface area (Å²) in [5, 5.41) is 14.9. The fourth-order valence-corrected chi connectivity index (χ4v) is 9.01. The van der Waals surface area contributed by atoms with E-state index < -0.39 is 0 Å². The van der Waals surface area contributed by atoms with Gasteiger partial charge in [0.1, 0.15) is 0 Å². The molecular weight excluding hydrogens is 637 g/mol. The standard InChI is InChI=1S/C53H38/c1-33-26-34(2)52(35(3)27-33)53-44-24-12-22-42-48(36-14-6-4-7-15-36)29-40-20-10-18-38-28-39-19-11-21-41(47(39)31-46(38)40)30-49(37-16-8-5-9-17-37)43-23-13-25-45(53)51(43)32-50(42)44/h4-32H,1-3H3. The smallest absolute Gasteiger partial charge is 0.00210 e. The zero-order valence-corrected chi connectivity index (χ0v) is 30.2. The van der Waals surface area contributed by atoms with Crippen LogP contribution in [-0.4, -0.2) is 0 Å². The van der Waals surface area contributed by atoms with E-state index in [0.717, 1.165) is 0 Å². The first kappa shape index (κ1) is 31.3. The van der Waals surface area contributed by atoms with Crippen LogP contribution >= 0.6 is 0 Å². The lowest BCUT2D eigenvalue weighted by Gasteiger charge is -2.19. The number of benzene rings is 9. The van der Waals surface area contributed by atoms with Crippen LogP contribution in [0.25, 0.3) is 98.0 Å². The van der Waals surface area contributed by atoms with E-state index in [-0.39, 0.29) is 0 Å². The Balaban J connectivity index is 1.55.